The van der Waals surface area contributed by atoms with Gasteiger partial charge in [0, 0.05) is 0 Å². The molecule has 1 aliphatic rings. The Morgan fingerprint density at radius 1 is 1.37 bits per heavy atom. The maximum atomic E-state index is 12.2. The van der Waals surface area contributed by atoms with Crippen molar-refractivity contribution in [1.29, 1.82) is 0 Å². The molecular formula is C15H19Cl2NO. The fourth-order valence-electron chi connectivity index (χ4n) is 2.31. The van der Waals surface area contributed by atoms with Gasteiger partial charge in [-0.2, -0.15) is 0 Å². The first-order valence-electron chi connectivity index (χ1n) is 6.43. The molecule has 1 N–H and O–H groups in total. The highest BCUT2D eigenvalue weighted by molar-refractivity contribution is 6.53. The van der Waals surface area contributed by atoms with Gasteiger partial charge in [0.15, 0.2) is 0 Å². The van der Waals surface area contributed by atoms with Gasteiger partial charge in [-0.25, -0.2) is 0 Å². The molecular weight excluding hydrogens is 281 g/mol. The molecule has 1 saturated carbocycles. The van der Waals surface area contributed by atoms with Crippen LogP contribution in [0.15, 0.2) is 18.2 Å². The van der Waals surface area contributed by atoms with E-state index < -0.39 is 9.75 Å². The first kappa shape index (κ1) is 14.7. The molecule has 0 bridgehead atoms. The largest absolute Gasteiger partial charge is 0.349 e. The summed E-state index contributed by atoms with van der Waals surface area (Å²) in [5, 5.41) is 3.01. The van der Waals surface area contributed by atoms with Gasteiger partial charge in [-0.3, -0.25) is 4.79 Å². The second-order valence-corrected chi connectivity index (χ2v) is 7.25. The second-order valence-electron chi connectivity index (χ2n) is 5.77. The number of halogens is 2. The average molecular weight is 300 g/mol. The van der Waals surface area contributed by atoms with Crippen molar-refractivity contribution in [1.82, 2.24) is 5.32 Å². The number of carbonyl (C=O) groups excluding carboxylic acids is 1. The number of carbonyl (C=O) groups is 1. The Balaban J connectivity index is 2.12. The molecule has 2 nitrogen and oxygen atoms in total. The van der Waals surface area contributed by atoms with Gasteiger partial charge in [0.1, 0.15) is 4.33 Å². The summed E-state index contributed by atoms with van der Waals surface area (Å²) in [4.78, 5) is 12.2. The standard InChI is InChI=1S/C15H19Cl2NO/c1-9-5-6-10(2)12(7-9)11(3)18-13(19)14(4)8-15(14,16)17/h5-7,11H,8H2,1-4H3,(H,18,19)/t11-,14-/m1/s1. The van der Waals surface area contributed by atoms with Gasteiger partial charge < -0.3 is 5.32 Å². The Morgan fingerprint density at radius 2 is 1.95 bits per heavy atom. The minimum absolute atomic E-state index is 0.0473. The number of amides is 1. The molecule has 2 atom stereocenters. The van der Waals surface area contributed by atoms with Crippen LogP contribution < -0.4 is 5.32 Å². The quantitative estimate of drug-likeness (QED) is 0.838. The fourth-order valence-corrected chi connectivity index (χ4v) is 3.01. The van der Waals surface area contributed by atoms with E-state index in [-0.39, 0.29) is 11.9 Å². The zero-order valence-electron chi connectivity index (χ0n) is 11.7. The number of aryl methyl sites for hydroxylation is 2. The molecule has 1 fully saturated rings. The maximum absolute atomic E-state index is 12.2. The zero-order valence-corrected chi connectivity index (χ0v) is 13.2. The Kier molecular flexibility index (Phi) is 3.61. The molecule has 19 heavy (non-hydrogen) atoms. The molecule has 4 heteroatoms. The molecule has 0 heterocycles. The van der Waals surface area contributed by atoms with E-state index in [2.05, 4.69) is 23.5 Å². The van der Waals surface area contributed by atoms with Gasteiger partial charge in [0.25, 0.3) is 0 Å². The van der Waals surface area contributed by atoms with Crippen molar-refractivity contribution in [2.75, 3.05) is 0 Å². The normalized spacial score (nSPS) is 25.8. The van der Waals surface area contributed by atoms with Crippen LogP contribution in [0.4, 0.5) is 0 Å². The van der Waals surface area contributed by atoms with Crippen LogP contribution in [-0.2, 0) is 4.79 Å². The van der Waals surface area contributed by atoms with Crippen LogP contribution in [-0.4, -0.2) is 10.2 Å². The molecule has 0 spiro atoms. The summed E-state index contributed by atoms with van der Waals surface area (Å²) in [5.41, 5.74) is 2.82. The minimum Gasteiger partial charge on any atom is -0.349 e. The highest BCUT2D eigenvalue weighted by atomic mass is 35.5. The summed E-state index contributed by atoms with van der Waals surface area (Å²) in [6.45, 7) is 7.87. The zero-order chi connectivity index (χ0) is 14.4. The lowest BCUT2D eigenvalue weighted by molar-refractivity contribution is -0.126. The van der Waals surface area contributed by atoms with E-state index in [0.717, 1.165) is 5.56 Å². The van der Waals surface area contributed by atoms with Gasteiger partial charge in [0.05, 0.1) is 11.5 Å². The number of nitrogens with one attached hydrogen (secondary N) is 1. The van der Waals surface area contributed by atoms with Crippen LogP contribution in [0.1, 0.15) is 43.0 Å². The number of hydrogen-bond acceptors (Lipinski definition) is 1. The molecule has 0 saturated heterocycles. The summed E-state index contributed by atoms with van der Waals surface area (Å²) in [6.07, 6.45) is 0.508. The van der Waals surface area contributed by atoms with Crippen LogP contribution in [0.25, 0.3) is 0 Å². The Morgan fingerprint density at radius 3 is 2.47 bits per heavy atom. The number of hydrogen-bond donors (Lipinski definition) is 1. The second kappa shape index (κ2) is 4.68. The van der Waals surface area contributed by atoms with E-state index in [1.165, 1.54) is 11.1 Å². The van der Waals surface area contributed by atoms with E-state index in [1.54, 1.807) is 6.92 Å². The Hall–Kier alpha value is -0.730. The van der Waals surface area contributed by atoms with Crippen molar-refractivity contribution in [3.8, 4) is 0 Å². The van der Waals surface area contributed by atoms with Gasteiger partial charge in [-0.1, -0.05) is 23.8 Å². The van der Waals surface area contributed by atoms with Crippen LogP contribution in [0.2, 0.25) is 0 Å². The Labute approximate surface area is 124 Å². The molecule has 0 unspecified atom stereocenters. The summed E-state index contributed by atoms with van der Waals surface area (Å²) < 4.78 is -0.918. The van der Waals surface area contributed by atoms with Crippen LogP contribution in [0.5, 0.6) is 0 Å². The van der Waals surface area contributed by atoms with Gasteiger partial charge in [0.2, 0.25) is 5.91 Å². The molecule has 1 aliphatic carbocycles. The van der Waals surface area contributed by atoms with Gasteiger partial charge in [-0.05, 0) is 45.2 Å². The third-order valence-electron chi connectivity index (χ3n) is 4.01. The van der Waals surface area contributed by atoms with Crippen molar-refractivity contribution < 1.29 is 4.79 Å². The molecule has 1 aromatic rings. The topological polar surface area (TPSA) is 29.1 Å². The first-order valence-corrected chi connectivity index (χ1v) is 7.19. The highest BCUT2D eigenvalue weighted by Gasteiger charge is 2.67. The van der Waals surface area contributed by atoms with E-state index in [1.807, 2.05) is 20.8 Å². The highest BCUT2D eigenvalue weighted by Crippen LogP contribution is 2.63. The lowest BCUT2D eigenvalue weighted by Crippen LogP contribution is -2.35. The summed E-state index contributed by atoms with van der Waals surface area (Å²) >= 11 is 12.1. The third kappa shape index (κ3) is 2.61. The molecule has 0 aliphatic heterocycles. The fraction of sp³-hybridized carbons (Fsp3) is 0.533. The predicted molar refractivity (Wildman–Crippen MR) is 79.6 cm³/mol. The summed E-state index contributed by atoms with van der Waals surface area (Å²) in [5.74, 6) is -0.0779. The SMILES string of the molecule is Cc1ccc(C)c([C@@H](C)NC(=O)[C@@]2(C)CC2(Cl)Cl)c1. The van der Waals surface area contributed by atoms with Crippen molar-refractivity contribution >= 4 is 29.1 Å². The van der Waals surface area contributed by atoms with E-state index in [0.29, 0.717) is 6.42 Å². The minimum atomic E-state index is -0.918. The Bertz CT molecular complexity index is 527. The van der Waals surface area contributed by atoms with Crippen LogP contribution in [0, 0.1) is 19.3 Å². The molecule has 2 rings (SSSR count). The lowest BCUT2D eigenvalue weighted by atomic mass is 9.99. The van der Waals surface area contributed by atoms with Crippen molar-refractivity contribution in [3.05, 3.63) is 34.9 Å². The molecule has 1 amide bonds. The molecule has 0 radical (unpaired) electrons. The number of alkyl halides is 2. The predicted octanol–water partition coefficient (Wildman–Crippen LogP) is 4.06. The first-order chi connectivity index (χ1) is 8.67. The van der Waals surface area contributed by atoms with Crippen molar-refractivity contribution in [3.63, 3.8) is 0 Å². The molecule has 0 aromatic heterocycles. The van der Waals surface area contributed by atoms with Gasteiger partial charge in [-0.15, -0.1) is 23.2 Å². The average Bonchev–Trinajstić information content (AvgIpc) is 2.83. The van der Waals surface area contributed by atoms with Crippen molar-refractivity contribution in [2.24, 2.45) is 5.41 Å². The van der Waals surface area contributed by atoms with Crippen molar-refractivity contribution in [2.45, 2.75) is 44.5 Å². The summed E-state index contributed by atoms with van der Waals surface area (Å²) in [6, 6.07) is 6.19. The monoisotopic (exact) mass is 299 g/mol. The molecule has 104 valence electrons. The lowest BCUT2D eigenvalue weighted by Gasteiger charge is -2.20. The summed E-state index contributed by atoms with van der Waals surface area (Å²) in [7, 11) is 0. The van der Waals surface area contributed by atoms with E-state index in [9.17, 15) is 4.79 Å². The smallest absolute Gasteiger partial charge is 0.229 e. The third-order valence-corrected chi connectivity index (χ3v) is 5.11. The van der Waals surface area contributed by atoms with Crippen LogP contribution in [0.3, 0.4) is 0 Å². The van der Waals surface area contributed by atoms with Gasteiger partial charge >= 0.3 is 0 Å². The molecule has 1 aromatic carbocycles. The van der Waals surface area contributed by atoms with Crippen LogP contribution >= 0.6 is 23.2 Å². The van der Waals surface area contributed by atoms with E-state index >= 15 is 0 Å². The number of benzene rings is 1. The van der Waals surface area contributed by atoms with E-state index in [4.69, 9.17) is 23.2 Å². The number of rotatable bonds is 3. The maximum Gasteiger partial charge on any atom is 0.229 e.